The van der Waals surface area contributed by atoms with E-state index in [-0.39, 0.29) is 24.9 Å². The summed E-state index contributed by atoms with van der Waals surface area (Å²) in [4.78, 5) is 12.4. The highest BCUT2D eigenvalue weighted by molar-refractivity contribution is 7.92. The maximum Gasteiger partial charge on any atom is 0.232 e. The van der Waals surface area contributed by atoms with Crippen LogP contribution in [-0.2, 0) is 14.8 Å². The first-order valence-electron chi connectivity index (χ1n) is 10.2. The van der Waals surface area contributed by atoms with Crippen LogP contribution in [0.5, 0.6) is 5.75 Å². The van der Waals surface area contributed by atoms with E-state index in [1.165, 1.54) is 16.1 Å². The second-order valence-electron chi connectivity index (χ2n) is 7.51. The van der Waals surface area contributed by atoms with Crippen LogP contribution in [0.4, 0.5) is 5.69 Å². The Balaban J connectivity index is 1.95. The minimum absolute atomic E-state index is 0.0948. The molecular weight excluding hydrogens is 400 g/mol. The molecule has 0 spiro atoms. The number of nitrogens with zero attached hydrogens (tertiary/aromatic N) is 1. The molecule has 1 amide bonds. The molecule has 0 unspecified atom stereocenters. The molecule has 2 rings (SSSR count). The Hall–Kier alpha value is -2.54. The molecule has 164 valence electrons. The first-order chi connectivity index (χ1) is 14.1. The van der Waals surface area contributed by atoms with Gasteiger partial charge < -0.3 is 10.1 Å². The molecule has 0 aliphatic rings. The number of benzene rings is 2. The predicted molar refractivity (Wildman–Crippen MR) is 122 cm³/mol. The van der Waals surface area contributed by atoms with Crippen LogP contribution < -0.4 is 14.4 Å². The highest BCUT2D eigenvalue weighted by Crippen LogP contribution is 2.22. The van der Waals surface area contributed by atoms with E-state index in [0.29, 0.717) is 24.5 Å². The number of carbonyl (C=O) groups excluding carboxylic acids is 1. The molecule has 1 N–H and O–H groups in total. The van der Waals surface area contributed by atoms with Crippen molar-refractivity contribution in [2.45, 2.75) is 46.6 Å². The maximum atomic E-state index is 12.4. The summed E-state index contributed by atoms with van der Waals surface area (Å²) in [7, 11) is -3.46. The van der Waals surface area contributed by atoms with Crippen molar-refractivity contribution in [3.63, 3.8) is 0 Å². The van der Waals surface area contributed by atoms with Gasteiger partial charge in [0.15, 0.2) is 0 Å². The van der Waals surface area contributed by atoms with Gasteiger partial charge in [-0.3, -0.25) is 9.10 Å². The average molecular weight is 433 g/mol. The third-order valence-corrected chi connectivity index (χ3v) is 6.06. The Morgan fingerprint density at radius 3 is 2.37 bits per heavy atom. The lowest BCUT2D eigenvalue weighted by Gasteiger charge is -2.23. The molecule has 0 saturated carbocycles. The van der Waals surface area contributed by atoms with Crippen LogP contribution in [0.1, 0.15) is 49.4 Å². The number of ether oxygens (including phenoxy) is 1. The summed E-state index contributed by atoms with van der Waals surface area (Å²) < 4.78 is 31.2. The van der Waals surface area contributed by atoms with E-state index in [0.717, 1.165) is 11.1 Å². The van der Waals surface area contributed by atoms with Crippen LogP contribution in [0.25, 0.3) is 0 Å². The van der Waals surface area contributed by atoms with Gasteiger partial charge in [-0.15, -0.1) is 0 Å². The second kappa shape index (κ2) is 10.5. The minimum Gasteiger partial charge on any atom is -0.494 e. The number of anilines is 1. The third-order valence-electron chi connectivity index (χ3n) is 4.87. The fourth-order valence-corrected chi connectivity index (χ4v) is 4.41. The van der Waals surface area contributed by atoms with Crippen molar-refractivity contribution in [1.82, 2.24) is 5.32 Å². The van der Waals surface area contributed by atoms with Crippen molar-refractivity contribution in [2.24, 2.45) is 0 Å². The molecule has 2 aromatic rings. The molecule has 0 aliphatic carbocycles. The van der Waals surface area contributed by atoms with E-state index >= 15 is 0 Å². The van der Waals surface area contributed by atoms with Gasteiger partial charge in [-0.2, -0.15) is 0 Å². The van der Waals surface area contributed by atoms with Gasteiger partial charge in [0.1, 0.15) is 5.75 Å². The molecule has 30 heavy (non-hydrogen) atoms. The van der Waals surface area contributed by atoms with Gasteiger partial charge in [0.25, 0.3) is 0 Å². The van der Waals surface area contributed by atoms with Crippen molar-refractivity contribution in [3.8, 4) is 5.75 Å². The van der Waals surface area contributed by atoms with E-state index < -0.39 is 10.0 Å². The lowest BCUT2D eigenvalue weighted by molar-refractivity contribution is -0.121. The molecule has 7 heteroatoms. The Kier molecular flexibility index (Phi) is 8.29. The van der Waals surface area contributed by atoms with Crippen molar-refractivity contribution in [3.05, 3.63) is 59.2 Å². The summed E-state index contributed by atoms with van der Waals surface area (Å²) in [5.41, 5.74) is 3.97. The molecular formula is C23H32N2O4S. The van der Waals surface area contributed by atoms with Crippen LogP contribution in [0.3, 0.4) is 0 Å². The number of carbonyl (C=O) groups is 1. The molecule has 1 atom stereocenters. The zero-order valence-electron chi connectivity index (χ0n) is 18.4. The highest BCUT2D eigenvalue weighted by Gasteiger charge is 2.18. The molecule has 6 nitrogen and oxygen atoms in total. The lowest BCUT2D eigenvalue weighted by atomic mass is 10.00. The van der Waals surface area contributed by atoms with Crippen molar-refractivity contribution >= 4 is 21.6 Å². The smallest absolute Gasteiger partial charge is 0.232 e. The zero-order chi connectivity index (χ0) is 22.3. The number of rotatable bonds is 10. The number of hydrogen-bond donors (Lipinski definition) is 1. The zero-order valence-corrected chi connectivity index (χ0v) is 19.3. The summed E-state index contributed by atoms with van der Waals surface area (Å²) in [6.45, 7) is 8.70. The number of sulfonamides is 1. The third kappa shape index (κ3) is 6.76. The average Bonchev–Trinajstić information content (AvgIpc) is 2.65. The minimum atomic E-state index is -3.46. The van der Waals surface area contributed by atoms with E-state index in [9.17, 15) is 13.2 Å². The summed E-state index contributed by atoms with van der Waals surface area (Å²) in [6.07, 6.45) is 1.84. The molecule has 0 aromatic heterocycles. The van der Waals surface area contributed by atoms with E-state index in [2.05, 4.69) is 11.4 Å². The Bertz CT molecular complexity index is 956. The fourth-order valence-electron chi connectivity index (χ4n) is 3.45. The quantitative estimate of drug-likeness (QED) is 0.613. The Labute approximate surface area is 180 Å². The first-order valence-corrected chi connectivity index (χ1v) is 12.0. The summed E-state index contributed by atoms with van der Waals surface area (Å²) in [5.74, 6) is 0.595. The van der Waals surface area contributed by atoms with Gasteiger partial charge in [0.2, 0.25) is 15.9 Å². The fraction of sp³-hybridized carbons (Fsp3) is 0.435. The number of aryl methyl sites for hydroxylation is 2. The summed E-state index contributed by atoms with van der Waals surface area (Å²) in [6, 6.07) is 13.0. The molecule has 0 saturated heterocycles. The molecule has 0 radical (unpaired) electrons. The van der Waals surface area contributed by atoms with Crippen LogP contribution in [0, 0.1) is 13.8 Å². The number of nitrogens with one attached hydrogen (secondary N) is 1. The SMILES string of the molecule is CCOc1ccc(N(CCCC(=O)N[C@H](C)c2ccc(C)cc2C)S(C)(=O)=O)cc1. The van der Waals surface area contributed by atoms with Crippen LogP contribution >= 0.6 is 0 Å². The van der Waals surface area contributed by atoms with E-state index in [1.54, 1.807) is 24.3 Å². The number of amides is 1. The maximum absolute atomic E-state index is 12.4. The molecule has 0 heterocycles. The molecule has 0 fully saturated rings. The standard InChI is InChI=1S/C23H32N2O4S/c1-6-29-21-12-10-20(11-13-21)25(30(5,27)28)15-7-8-23(26)24-19(4)22-14-9-17(2)16-18(22)3/h9-14,16,19H,6-8,15H2,1-5H3,(H,24,26)/t19-/m1/s1. The van der Waals surface area contributed by atoms with Crippen molar-refractivity contribution in [1.29, 1.82) is 0 Å². The predicted octanol–water partition coefficient (Wildman–Crippen LogP) is 4.13. The topological polar surface area (TPSA) is 75.7 Å². The highest BCUT2D eigenvalue weighted by atomic mass is 32.2. The Morgan fingerprint density at radius 1 is 1.13 bits per heavy atom. The molecule has 2 aromatic carbocycles. The van der Waals surface area contributed by atoms with Gasteiger partial charge in [0.05, 0.1) is 24.6 Å². The van der Waals surface area contributed by atoms with Crippen molar-refractivity contribution in [2.75, 3.05) is 23.7 Å². The normalized spacial score (nSPS) is 12.3. The van der Waals surface area contributed by atoms with Gasteiger partial charge in [-0.05, 0) is 69.5 Å². The lowest BCUT2D eigenvalue weighted by Crippen LogP contribution is -2.32. The van der Waals surface area contributed by atoms with Gasteiger partial charge >= 0.3 is 0 Å². The van der Waals surface area contributed by atoms with Crippen LogP contribution in [0.15, 0.2) is 42.5 Å². The first kappa shape index (κ1) is 23.7. The largest absolute Gasteiger partial charge is 0.494 e. The monoisotopic (exact) mass is 432 g/mol. The molecule has 0 bridgehead atoms. The summed E-state index contributed by atoms with van der Waals surface area (Å²) in [5, 5.41) is 3.01. The van der Waals surface area contributed by atoms with E-state index in [4.69, 9.17) is 4.74 Å². The van der Waals surface area contributed by atoms with Gasteiger partial charge in [0, 0.05) is 13.0 Å². The van der Waals surface area contributed by atoms with Gasteiger partial charge in [-0.1, -0.05) is 23.8 Å². The number of hydrogen-bond acceptors (Lipinski definition) is 4. The van der Waals surface area contributed by atoms with Gasteiger partial charge in [-0.25, -0.2) is 8.42 Å². The molecule has 0 aliphatic heterocycles. The van der Waals surface area contributed by atoms with Crippen LogP contribution in [-0.4, -0.2) is 33.7 Å². The van der Waals surface area contributed by atoms with Crippen LogP contribution in [0.2, 0.25) is 0 Å². The van der Waals surface area contributed by atoms with Crippen molar-refractivity contribution < 1.29 is 17.9 Å². The van der Waals surface area contributed by atoms with E-state index in [1.807, 2.05) is 39.8 Å². The summed E-state index contributed by atoms with van der Waals surface area (Å²) >= 11 is 0. The second-order valence-corrected chi connectivity index (χ2v) is 9.42. The Morgan fingerprint density at radius 2 is 1.80 bits per heavy atom.